The molecular weight excluding hydrogens is 289 g/mol. The van der Waals surface area contributed by atoms with Crippen LogP contribution in [0.2, 0.25) is 5.02 Å². The minimum absolute atomic E-state index is 0.246. The molecule has 0 aliphatic carbocycles. The summed E-state index contributed by atoms with van der Waals surface area (Å²) in [6.45, 7) is 5.33. The normalized spacial score (nSPS) is 12.2. The van der Waals surface area contributed by atoms with Crippen molar-refractivity contribution in [1.29, 1.82) is 0 Å². The number of hydrogen-bond donors (Lipinski definition) is 1. The Labute approximate surface area is 129 Å². The summed E-state index contributed by atoms with van der Waals surface area (Å²) >= 11 is 6.03. The van der Waals surface area contributed by atoms with Crippen LogP contribution in [0.4, 0.5) is 4.39 Å². The predicted octanol–water partition coefficient (Wildman–Crippen LogP) is 4.73. The summed E-state index contributed by atoms with van der Waals surface area (Å²) in [5.74, 6) is 0.435. The van der Waals surface area contributed by atoms with Crippen molar-refractivity contribution in [2.45, 2.75) is 26.5 Å². The Hall–Kier alpha value is -1.58. The van der Waals surface area contributed by atoms with Crippen LogP contribution in [-0.2, 0) is 6.61 Å². The molecule has 112 valence electrons. The maximum absolute atomic E-state index is 13.2. The van der Waals surface area contributed by atoms with Crippen molar-refractivity contribution in [1.82, 2.24) is 5.32 Å². The van der Waals surface area contributed by atoms with Gasteiger partial charge in [0.2, 0.25) is 0 Å². The van der Waals surface area contributed by atoms with Gasteiger partial charge in [-0.1, -0.05) is 30.7 Å². The molecule has 2 nitrogen and oxygen atoms in total. The lowest BCUT2D eigenvalue weighted by Crippen LogP contribution is -2.17. The summed E-state index contributed by atoms with van der Waals surface area (Å²) in [5, 5.41) is 3.86. The quantitative estimate of drug-likeness (QED) is 0.833. The molecule has 1 unspecified atom stereocenters. The fraction of sp³-hybridized carbons (Fsp3) is 0.294. The molecule has 0 aromatic heterocycles. The number of hydrogen-bond acceptors (Lipinski definition) is 2. The van der Waals surface area contributed by atoms with E-state index in [1.54, 1.807) is 6.07 Å². The van der Waals surface area contributed by atoms with Gasteiger partial charge in [0, 0.05) is 16.6 Å². The van der Waals surface area contributed by atoms with Gasteiger partial charge in [-0.15, -0.1) is 0 Å². The van der Waals surface area contributed by atoms with Gasteiger partial charge in [-0.25, -0.2) is 4.39 Å². The van der Waals surface area contributed by atoms with Crippen molar-refractivity contribution in [3.63, 3.8) is 0 Å². The second kappa shape index (κ2) is 7.43. The average Bonchev–Trinajstić information content (AvgIpc) is 2.49. The summed E-state index contributed by atoms with van der Waals surface area (Å²) in [7, 11) is 0. The molecule has 2 aromatic carbocycles. The molecule has 0 bridgehead atoms. The zero-order chi connectivity index (χ0) is 15.2. The topological polar surface area (TPSA) is 21.3 Å². The van der Waals surface area contributed by atoms with E-state index in [9.17, 15) is 4.39 Å². The first-order valence-electron chi connectivity index (χ1n) is 7.00. The number of ether oxygens (including phenoxy) is 1. The summed E-state index contributed by atoms with van der Waals surface area (Å²) in [4.78, 5) is 0. The average molecular weight is 308 g/mol. The van der Waals surface area contributed by atoms with Crippen LogP contribution in [0.15, 0.2) is 42.5 Å². The fourth-order valence-electron chi connectivity index (χ4n) is 2.11. The maximum atomic E-state index is 13.2. The summed E-state index contributed by atoms with van der Waals surface area (Å²) in [6, 6.07) is 12.4. The first-order valence-corrected chi connectivity index (χ1v) is 7.38. The van der Waals surface area contributed by atoms with Crippen molar-refractivity contribution in [3.8, 4) is 5.75 Å². The standard InChI is InChI=1S/C17H19ClFNO/c1-3-20-12(2)13-5-4-6-16(10-13)21-11-14-9-15(19)7-8-17(14)18/h4-10,12,20H,3,11H2,1-2H3. The smallest absolute Gasteiger partial charge is 0.123 e. The lowest BCUT2D eigenvalue weighted by atomic mass is 10.1. The fourth-order valence-corrected chi connectivity index (χ4v) is 2.28. The van der Waals surface area contributed by atoms with Crippen LogP contribution in [0.5, 0.6) is 5.75 Å². The zero-order valence-electron chi connectivity index (χ0n) is 12.2. The molecule has 0 spiro atoms. The zero-order valence-corrected chi connectivity index (χ0v) is 13.0. The first-order chi connectivity index (χ1) is 10.1. The number of halogens is 2. The van der Waals surface area contributed by atoms with Crippen LogP contribution in [0.3, 0.4) is 0 Å². The third kappa shape index (κ3) is 4.45. The molecule has 0 saturated carbocycles. The van der Waals surface area contributed by atoms with Crippen molar-refractivity contribution >= 4 is 11.6 Å². The molecule has 0 saturated heterocycles. The van der Waals surface area contributed by atoms with E-state index in [-0.39, 0.29) is 18.5 Å². The second-order valence-electron chi connectivity index (χ2n) is 4.88. The van der Waals surface area contributed by atoms with E-state index in [0.29, 0.717) is 10.6 Å². The van der Waals surface area contributed by atoms with Gasteiger partial charge in [0.1, 0.15) is 18.2 Å². The molecule has 0 aliphatic heterocycles. The number of rotatable bonds is 6. The summed E-state index contributed by atoms with van der Waals surface area (Å²) in [6.07, 6.45) is 0. The van der Waals surface area contributed by atoms with E-state index in [1.165, 1.54) is 12.1 Å². The maximum Gasteiger partial charge on any atom is 0.123 e. The number of benzene rings is 2. The largest absolute Gasteiger partial charge is 0.489 e. The van der Waals surface area contributed by atoms with Crippen LogP contribution < -0.4 is 10.1 Å². The van der Waals surface area contributed by atoms with Gasteiger partial charge < -0.3 is 10.1 Å². The lowest BCUT2D eigenvalue weighted by Gasteiger charge is -2.14. The Bertz CT molecular complexity index is 603. The molecule has 0 amide bonds. The van der Waals surface area contributed by atoms with Crippen LogP contribution in [0, 0.1) is 5.82 Å². The minimum atomic E-state index is -0.312. The van der Waals surface area contributed by atoms with Gasteiger partial charge in [-0.3, -0.25) is 0 Å². The van der Waals surface area contributed by atoms with E-state index in [4.69, 9.17) is 16.3 Å². The molecule has 21 heavy (non-hydrogen) atoms. The van der Waals surface area contributed by atoms with E-state index in [0.717, 1.165) is 17.9 Å². The highest BCUT2D eigenvalue weighted by atomic mass is 35.5. The minimum Gasteiger partial charge on any atom is -0.489 e. The molecule has 1 N–H and O–H groups in total. The number of nitrogens with one attached hydrogen (secondary N) is 1. The van der Waals surface area contributed by atoms with Crippen LogP contribution in [0.1, 0.15) is 31.0 Å². The van der Waals surface area contributed by atoms with Gasteiger partial charge in [0.25, 0.3) is 0 Å². The summed E-state index contributed by atoms with van der Waals surface area (Å²) in [5.41, 5.74) is 1.79. The van der Waals surface area contributed by atoms with Crippen molar-refractivity contribution in [2.24, 2.45) is 0 Å². The van der Waals surface area contributed by atoms with Crippen molar-refractivity contribution < 1.29 is 9.13 Å². The lowest BCUT2D eigenvalue weighted by molar-refractivity contribution is 0.305. The monoisotopic (exact) mass is 307 g/mol. The predicted molar refractivity (Wildman–Crippen MR) is 84.3 cm³/mol. The Kier molecular flexibility index (Phi) is 5.59. The van der Waals surface area contributed by atoms with Crippen LogP contribution in [0.25, 0.3) is 0 Å². The Morgan fingerprint density at radius 3 is 2.81 bits per heavy atom. The third-order valence-corrected chi connectivity index (χ3v) is 3.64. The second-order valence-corrected chi connectivity index (χ2v) is 5.28. The Morgan fingerprint density at radius 2 is 2.05 bits per heavy atom. The first kappa shape index (κ1) is 15.8. The molecule has 1 atom stereocenters. The van der Waals surface area contributed by atoms with Gasteiger partial charge in [0.15, 0.2) is 0 Å². The molecule has 0 aliphatic rings. The SMILES string of the molecule is CCNC(C)c1cccc(OCc2cc(F)ccc2Cl)c1. The van der Waals surface area contributed by atoms with Crippen LogP contribution >= 0.6 is 11.6 Å². The van der Waals surface area contributed by atoms with Gasteiger partial charge >= 0.3 is 0 Å². The summed E-state index contributed by atoms with van der Waals surface area (Å²) < 4.78 is 18.9. The molecule has 2 rings (SSSR count). The Balaban J connectivity index is 2.06. The highest BCUT2D eigenvalue weighted by Crippen LogP contribution is 2.22. The molecule has 0 heterocycles. The van der Waals surface area contributed by atoms with Gasteiger partial charge in [-0.05, 0) is 49.4 Å². The van der Waals surface area contributed by atoms with E-state index in [2.05, 4.69) is 25.2 Å². The molecular formula is C17H19ClFNO. The molecule has 0 fully saturated rings. The molecule has 0 radical (unpaired) electrons. The van der Waals surface area contributed by atoms with E-state index in [1.807, 2.05) is 18.2 Å². The van der Waals surface area contributed by atoms with Crippen molar-refractivity contribution in [3.05, 3.63) is 64.4 Å². The van der Waals surface area contributed by atoms with Gasteiger partial charge in [0.05, 0.1) is 0 Å². The van der Waals surface area contributed by atoms with Gasteiger partial charge in [-0.2, -0.15) is 0 Å². The highest BCUT2D eigenvalue weighted by Gasteiger charge is 2.06. The highest BCUT2D eigenvalue weighted by molar-refractivity contribution is 6.31. The van der Waals surface area contributed by atoms with Crippen LogP contribution in [-0.4, -0.2) is 6.54 Å². The van der Waals surface area contributed by atoms with E-state index < -0.39 is 0 Å². The molecule has 2 aromatic rings. The van der Waals surface area contributed by atoms with E-state index >= 15 is 0 Å². The third-order valence-electron chi connectivity index (χ3n) is 3.27. The van der Waals surface area contributed by atoms with Crippen molar-refractivity contribution in [2.75, 3.05) is 6.54 Å². The molecule has 4 heteroatoms. The Morgan fingerprint density at radius 1 is 1.24 bits per heavy atom.